The van der Waals surface area contributed by atoms with Crippen molar-refractivity contribution in [1.82, 2.24) is 9.88 Å². The van der Waals surface area contributed by atoms with E-state index in [1.165, 1.54) is 25.8 Å². The van der Waals surface area contributed by atoms with Crippen molar-refractivity contribution in [3.63, 3.8) is 0 Å². The molecule has 0 bridgehead atoms. The Morgan fingerprint density at radius 1 is 1.35 bits per heavy atom. The summed E-state index contributed by atoms with van der Waals surface area (Å²) < 4.78 is 0. The minimum Gasteiger partial charge on any atom is -0.356 e. The highest BCUT2D eigenvalue weighted by Crippen LogP contribution is 2.32. The molecule has 0 N–H and O–H groups in total. The molecule has 0 aromatic carbocycles. The van der Waals surface area contributed by atoms with E-state index in [1.807, 2.05) is 12.1 Å². The highest BCUT2D eigenvalue weighted by atomic mass is 16.1. The van der Waals surface area contributed by atoms with Crippen LogP contribution in [0.25, 0.3) is 0 Å². The first kappa shape index (κ1) is 13.6. The molecule has 0 amide bonds. The van der Waals surface area contributed by atoms with Gasteiger partial charge in [-0.15, -0.1) is 0 Å². The molecule has 3 heterocycles. The number of carbonyl (C=O) groups excluding carboxylic acids is 1. The number of pyridine rings is 1. The number of Topliss-reactive ketones (excluding diaryl/α,β-unsaturated/α-hetero) is 1. The summed E-state index contributed by atoms with van der Waals surface area (Å²) in [5.41, 5.74) is 0.759. The number of nitrogens with zero attached hydrogens (tertiary/aromatic N) is 3. The summed E-state index contributed by atoms with van der Waals surface area (Å²) in [6.45, 7) is 4.89. The molecule has 2 aliphatic rings. The first-order valence-corrected chi connectivity index (χ1v) is 7.58. The lowest BCUT2D eigenvalue weighted by Crippen LogP contribution is -2.53. The summed E-state index contributed by atoms with van der Waals surface area (Å²) in [7, 11) is 2.24. The number of hydrogen-bond acceptors (Lipinski definition) is 4. The lowest BCUT2D eigenvalue weighted by Gasteiger charge is -2.46. The summed E-state index contributed by atoms with van der Waals surface area (Å²) in [5.74, 6) is 1.70. The van der Waals surface area contributed by atoms with Crippen molar-refractivity contribution in [2.24, 2.45) is 5.92 Å². The second-order valence-corrected chi connectivity index (χ2v) is 6.12. The van der Waals surface area contributed by atoms with Gasteiger partial charge in [-0.25, -0.2) is 4.98 Å². The van der Waals surface area contributed by atoms with Crippen molar-refractivity contribution in [3.05, 3.63) is 23.9 Å². The van der Waals surface area contributed by atoms with Gasteiger partial charge in [0.25, 0.3) is 0 Å². The molecule has 0 saturated carbocycles. The zero-order valence-electron chi connectivity index (χ0n) is 12.4. The number of piperidine rings is 2. The van der Waals surface area contributed by atoms with Crippen LogP contribution in [0.5, 0.6) is 0 Å². The molecule has 0 spiro atoms. The number of rotatable bonds is 2. The van der Waals surface area contributed by atoms with Gasteiger partial charge in [-0.05, 0) is 57.8 Å². The van der Waals surface area contributed by atoms with Gasteiger partial charge in [0.05, 0.1) is 5.56 Å². The van der Waals surface area contributed by atoms with Crippen LogP contribution in [0.4, 0.5) is 5.82 Å². The molecule has 2 unspecified atom stereocenters. The lowest BCUT2D eigenvalue weighted by atomic mass is 9.84. The molecule has 2 saturated heterocycles. The standard InChI is InChI=1S/C16H23N3O/c1-12(20)14-6-3-8-17-16(14)19-10-7-15-13(11-19)5-4-9-18(15)2/h3,6,8,13,15H,4-5,7,9-11H2,1-2H3. The van der Waals surface area contributed by atoms with Gasteiger partial charge in [0.15, 0.2) is 5.78 Å². The van der Waals surface area contributed by atoms with Gasteiger partial charge in [-0.1, -0.05) is 0 Å². The van der Waals surface area contributed by atoms with Gasteiger partial charge in [-0.2, -0.15) is 0 Å². The van der Waals surface area contributed by atoms with Gasteiger partial charge in [0, 0.05) is 25.3 Å². The molecular weight excluding hydrogens is 250 g/mol. The van der Waals surface area contributed by atoms with Crippen molar-refractivity contribution in [1.29, 1.82) is 0 Å². The fourth-order valence-corrected chi connectivity index (χ4v) is 3.77. The second kappa shape index (κ2) is 5.52. The SMILES string of the molecule is CC(=O)c1cccnc1N1CCC2C(CCCN2C)C1. The van der Waals surface area contributed by atoms with Gasteiger partial charge in [0.1, 0.15) is 5.82 Å². The number of aromatic nitrogens is 1. The summed E-state index contributed by atoms with van der Waals surface area (Å²) in [5, 5.41) is 0. The molecule has 4 nitrogen and oxygen atoms in total. The average Bonchev–Trinajstić information content (AvgIpc) is 2.47. The quantitative estimate of drug-likeness (QED) is 0.774. The number of hydrogen-bond donors (Lipinski definition) is 0. The van der Waals surface area contributed by atoms with Gasteiger partial charge in [0.2, 0.25) is 0 Å². The highest BCUT2D eigenvalue weighted by molar-refractivity contribution is 5.98. The first-order chi connectivity index (χ1) is 9.66. The Kier molecular flexibility index (Phi) is 3.74. The number of fused-ring (bicyclic) bond motifs is 1. The first-order valence-electron chi connectivity index (χ1n) is 7.58. The number of likely N-dealkylation sites (tertiary alicyclic amines) is 1. The van der Waals surface area contributed by atoms with E-state index < -0.39 is 0 Å². The Labute approximate surface area is 120 Å². The minimum absolute atomic E-state index is 0.107. The second-order valence-electron chi connectivity index (χ2n) is 6.12. The Morgan fingerprint density at radius 3 is 3.00 bits per heavy atom. The van der Waals surface area contributed by atoms with Crippen molar-refractivity contribution >= 4 is 11.6 Å². The maximum absolute atomic E-state index is 11.8. The van der Waals surface area contributed by atoms with Crippen LogP contribution in [0.2, 0.25) is 0 Å². The molecule has 1 aromatic heterocycles. The van der Waals surface area contributed by atoms with E-state index in [4.69, 9.17) is 0 Å². The average molecular weight is 273 g/mol. The van der Waals surface area contributed by atoms with Crippen LogP contribution >= 0.6 is 0 Å². The van der Waals surface area contributed by atoms with E-state index in [1.54, 1.807) is 13.1 Å². The Balaban J connectivity index is 1.81. The fourth-order valence-electron chi connectivity index (χ4n) is 3.77. The normalized spacial score (nSPS) is 27.2. The summed E-state index contributed by atoms with van der Waals surface area (Å²) in [6, 6.07) is 4.45. The van der Waals surface area contributed by atoms with Crippen LogP contribution < -0.4 is 4.90 Å². The molecule has 0 radical (unpaired) electrons. The van der Waals surface area contributed by atoms with Crippen LogP contribution in [0.1, 0.15) is 36.5 Å². The molecule has 0 aliphatic carbocycles. The number of ketones is 1. The zero-order valence-corrected chi connectivity index (χ0v) is 12.4. The van der Waals surface area contributed by atoms with E-state index >= 15 is 0 Å². The van der Waals surface area contributed by atoms with E-state index in [9.17, 15) is 4.79 Å². The Bertz CT molecular complexity index is 502. The third-order valence-electron chi connectivity index (χ3n) is 4.81. The van der Waals surface area contributed by atoms with Crippen LogP contribution in [0.3, 0.4) is 0 Å². The van der Waals surface area contributed by atoms with E-state index in [0.717, 1.165) is 24.5 Å². The van der Waals surface area contributed by atoms with Crippen LogP contribution in [-0.2, 0) is 0 Å². The Morgan fingerprint density at radius 2 is 2.20 bits per heavy atom. The monoisotopic (exact) mass is 273 g/mol. The number of carbonyl (C=O) groups is 1. The minimum atomic E-state index is 0.107. The van der Waals surface area contributed by atoms with E-state index in [2.05, 4.69) is 21.8 Å². The molecule has 20 heavy (non-hydrogen) atoms. The molecule has 2 fully saturated rings. The smallest absolute Gasteiger partial charge is 0.163 e. The van der Waals surface area contributed by atoms with E-state index in [-0.39, 0.29) is 5.78 Å². The summed E-state index contributed by atoms with van der Waals surface area (Å²) in [4.78, 5) is 21.1. The molecular formula is C16H23N3O. The maximum Gasteiger partial charge on any atom is 0.163 e. The van der Waals surface area contributed by atoms with Gasteiger partial charge >= 0.3 is 0 Å². The van der Waals surface area contributed by atoms with Crippen LogP contribution in [0.15, 0.2) is 18.3 Å². The highest BCUT2D eigenvalue weighted by Gasteiger charge is 2.35. The molecule has 1 aromatic rings. The third kappa shape index (κ3) is 2.44. The topological polar surface area (TPSA) is 36.4 Å². The number of anilines is 1. The maximum atomic E-state index is 11.8. The molecule has 4 heteroatoms. The van der Waals surface area contributed by atoms with E-state index in [0.29, 0.717) is 12.0 Å². The lowest BCUT2D eigenvalue weighted by molar-refractivity contribution is 0.0999. The Hall–Kier alpha value is -1.42. The largest absolute Gasteiger partial charge is 0.356 e. The zero-order chi connectivity index (χ0) is 14.1. The predicted octanol–water partition coefficient (Wildman–Crippen LogP) is 2.20. The van der Waals surface area contributed by atoms with Crippen molar-refractivity contribution in [2.45, 2.75) is 32.2 Å². The van der Waals surface area contributed by atoms with Crippen LogP contribution in [-0.4, -0.2) is 48.4 Å². The molecule has 2 aliphatic heterocycles. The van der Waals surface area contributed by atoms with Crippen LogP contribution in [0, 0.1) is 5.92 Å². The molecule has 2 atom stereocenters. The van der Waals surface area contributed by atoms with Crippen molar-refractivity contribution in [2.75, 3.05) is 31.6 Å². The van der Waals surface area contributed by atoms with Gasteiger partial charge in [-0.3, -0.25) is 4.79 Å². The van der Waals surface area contributed by atoms with Crippen molar-refractivity contribution < 1.29 is 4.79 Å². The summed E-state index contributed by atoms with van der Waals surface area (Å²) in [6.07, 6.45) is 5.55. The summed E-state index contributed by atoms with van der Waals surface area (Å²) >= 11 is 0. The molecule has 3 rings (SSSR count). The predicted molar refractivity (Wildman–Crippen MR) is 80.2 cm³/mol. The molecule has 108 valence electrons. The van der Waals surface area contributed by atoms with Gasteiger partial charge < -0.3 is 9.80 Å². The third-order valence-corrected chi connectivity index (χ3v) is 4.81. The fraction of sp³-hybridized carbons (Fsp3) is 0.625. The van der Waals surface area contributed by atoms with Crippen molar-refractivity contribution in [3.8, 4) is 0 Å².